The monoisotopic (exact) mass is 216 g/mol. The highest BCUT2D eigenvalue weighted by atomic mass is 16.1. The Balaban J connectivity index is 1.80. The minimum absolute atomic E-state index is 0.0400. The summed E-state index contributed by atoms with van der Waals surface area (Å²) in [5.74, 6) is -0.0400. The van der Waals surface area contributed by atoms with Gasteiger partial charge in [-0.1, -0.05) is 6.07 Å². The average Bonchev–Trinajstić information content (AvgIpc) is 2.81. The highest BCUT2D eigenvalue weighted by Crippen LogP contribution is 1.94. The van der Waals surface area contributed by atoms with Gasteiger partial charge in [-0.2, -0.15) is 0 Å². The van der Waals surface area contributed by atoms with Gasteiger partial charge in [0.2, 0.25) is 5.91 Å². The lowest BCUT2D eigenvalue weighted by atomic mass is 10.3. The summed E-state index contributed by atoms with van der Waals surface area (Å²) >= 11 is 0. The molecular formula is C11H12N4O. The second-order valence-electron chi connectivity index (χ2n) is 3.37. The van der Waals surface area contributed by atoms with Crippen molar-refractivity contribution in [1.82, 2.24) is 19.9 Å². The Morgan fingerprint density at radius 3 is 3.00 bits per heavy atom. The molecule has 0 fully saturated rings. The average molecular weight is 216 g/mol. The molecule has 0 spiro atoms. The SMILES string of the molecule is O=C(Cn1ccnc1)NCc1cccnc1. The zero-order valence-corrected chi connectivity index (χ0v) is 8.71. The lowest BCUT2D eigenvalue weighted by molar-refractivity contribution is -0.121. The van der Waals surface area contributed by atoms with Gasteiger partial charge in [0, 0.05) is 31.3 Å². The van der Waals surface area contributed by atoms with Gasteiger partial charge in [-0.15, -0.1) is 0 Å². The summed E-state index contributed by atoms with van der Waals surface area (Å²) in [7, 11) is 0. The molecule has 16 heavy (non-hydrogen) atoms. The molecule has 2 rings (SSSR count). The van der Waals surface area contributed by atoms with Crippen molar-refractivity contribution >= 4 is 5.91 Å². The molecule has 0 saturated carbocycles. The Morgan fingerprint density at radius 1 is 1.38 bits per heavy atom. The maximum atomic E-state index is 11.5. The number of pyridine rings is 1. The molecule has 0 bridgehead atoms. The van der Waals surface area contributed by atoms with Crippen LogP contribution in [-0.2, 0) is 17.9 Å². The van der Waals surface area contributed by atoms with Crippen molar-refractivity contribution in [3.8, 4) is 0 Å². The Hall–Kier alpha value is -2.17. The molecule has 2 aromatic heterocycles. The van der Waals surface area contributed by atoms with E-state index in [-0.39, 0.29) is 5.91 Å². The van der Waals surface area contributed by atoms with Crippen LogP contribution in [0.1, 0.15) is 5.56 Å². The maximum Gasteiger partial charge on any atom is 0.240 e. The zero-order valence-electron chi connectivity index (χ0n) is 8.71. The molecule has 2 heterocycles. The van der Waals surface area contributed by atoms with Gasteiger partial charge in [-0.25, -0.2) is 4.98 Å². The summed E-state index contributed by atoms with van der Waals surface area (Å²) in [5, 5.41) is 2.81. The van der Waals surface area contributed by atoms with Crippen molar-refractivity contribution in [2.45, 2.75) is 13.1 Å². The lowest BCUT2D eigenvalue weighted by Crippen LogP contribution is -2.26. The van der Waals surface area contributed by atoms with Gasteiger partial charge in [0.05, 0.1) is 6.33 Å². The van der Waals surface area contributed by atoms with Crippen molar-refractivity contribution in [3.05, 3.63) is 48.8 Å². The molecule has 0 radical (unpaired) electrons. The largest absolute Gasteiger partial charge is 0.350 e. The van der Waals surface area contributed by atoms with Crippen LogP contribution >= 0.6 is 0 Å². The summed E-state index contributed by atoms with van der Waals surface area (Å²) in [6, 6.07) is 3.77. The number of nitrogens with zero attached hydrogens (tertiary/aromatic N) is 3. The molecule has 0 aliphatic rings. The molecule has 5 heteroatoms. The molecule has 2 aromatic rings. The Kier molecular flexibility index (Phi) is 3.28. The van der Waals surface area contributed by atoms with Crippen LogP contribution < -0.4 is 5.32 Å². The third-order valence-corrected chi connectivity index (χ3v) is 2.10. The number of hydrogen-bond donors (Lipinski definition) is 1. The van der Waals surface area contributed by atoms with Crippen molar-refractivity contribution in [1.29, 1.82) is 0 Å². The first-order valence-corrected chi connectivity index (χ1v) is 4.96. The molecular weight excluding hydrogens is 204 g/mol. The molecule has 0 atom stereocenters. The fourth-order valence-electron chi connectivity index (χ4n) is 1.31. The zero-order chi connectivity index (χ0) is 11.2. The van der Waals surface area contributed by atoms with Crippen molar-refractivity contribution < 1.29 is 4.79 Å². The molecule has 0 aliphatic carbocycles. The van der Waals surface area contributed by atoms with E-state index >= 15 is 0 Å². The first kappa shape index (κ1) is 10.4. The van der Waals surface area contributed by atoms with Crippen molar-refractivity contribution in [3.63, 3.8) is 0 Å². The van der Waals surface area contributed by atoms with E-state index < -0.39 is 0 Å². The second-order valence-corrected chi connectivity index (χ2v) is 3.37. The number of nitrogens with one attached hydrogen (secondary N) is 1. The number of carbonyl (C=O) groups is 1. The highest BCUT2D eigenvalue weighted by molar-refractivity contribution is 5.75. The Morgan fingerprint density at radius 2 is 2.31 bits per heavy atom. The van der Waals surface area contributed by atoms with Crippen LogP contribution in [0.2, 0.25) is 0 Å². The van der Waals surface area contributed by atoms with Gasteiger partial charge < -0.3 is 9.88 Å². The number of rotatable bonds is 4. The summed E-state index contributed by atoms with van der Waals surface area (Å²) in [5.41, 5.74) is 0.987. The van der Waals surface area contributed by atoms with E-state index in [0.29, 0.717) is 13.1 Å². The van der Waals surface area contributed by atoms with Crippen LogP contribution in [0, 0.1) is 0 Å². The van der Waals surface area contributed by atoms with Crippen LogP contribution in [0.4, 0.5) is 0 Å². The van der Waals surface area contributed by atoms with Gasteiger partial charge in [0.25, 0.3) is 0 Å². The number of imidazole rings is 1. The van der Waals surface area contributed by atoms with Gasteiger partial charge in [0.1, 0.15) is 6.54 Å². The Labute approximate surface area is 93.2 Å². The summed E-state index contributed by atoms with van der Waals surface area (Å²) in [6.45, 7) is 0.793. The number of carbonyl (C=O) groups excluding carboxylic acids is 1. The third-order valence-electron chi connectivity index (χ3n) is 2.10. The number of aromatic nitrogens is 3. The van der Waals surface area contributed by atoms with Crippen molar-refractivity contribution in [2.75, 3.05) is 0 Å². The van der Waals surface area contributed by atoms with Gasteiger partial charge >= 0.3 is 0 Å². The van der Waals surface area contributed by atoms with Crippen LogP contribution in [-0.4, -0.2) is 20.4 Å². The summed E-state index contributed by atoms with van der Waals surface area (Å²) in [4.78, 5) is 19.3. The molecule has 82 valence electrons. The van der Waals surface area contributed by atoms with Crippen molar-refractivity contribution in [2.24, 2.45) is 0 Å². The molecule has 0 aliphatic heterocycles. The topological polar surface area (TPSA) is 59.8 Å². The molecule has 0 unspecified atom stereocenters. The predicted molar refractivity (Wildman–Crippen MR) is 58.3 cm³/mol. The first-order chi connectivity index (χ1) is 7.84. The predicted octanol–water partition coefficient (Wildman–Crippen LogP) is 0.594. The van der Waals surface area contributed by atoms with E-state index in [1.54, 1.807) is 35.7 Å². The van der Waals surface area contributed by atoms with Crippen LogP contribution in [0.3, 0.4) is 0 Å². The molecule has 5 nitrogen and oxygen atoms in total. The smallest absolute Gasteiger partial charge is 0.240 e. The molecule has 1 N–H and O–H groups in total. The van der Waals surface area contributed by atoms with Gasteiger partial charge in [-0.05, 0) is 11.6 Å². The minimum Gasteiger partial charge on any atom is -0.350 e. The first-order valence-electron chi connectivity index (χ1n) is 4.96. The quantitative estimate of drug-likeness (QED) is 0.814. The van der Waals surface area contributed by atoms with Crippen LogP contribution in [0.15, 0.2) is 43.2 Å². The Bertz CT molecular complexity index is 438. The van der Waals surface area contributed by atoms with E-state index in [0.717, 1.165) is 5.56 Å². The van der Waals surface area contributed by atoms with E-state index in [4.69, 9.17) is 0 Å². The van der Waals surface area contributed by atoms with Crippen LogP contribution in [0.25, 0.3) is 0 Å². The fourth-order valence-corrected chi connectivity index (χ4v) is 1.31. The normalized spacial score (nSPS) is 10.0. The van der Waals surface area contributed by atoms with E-state index in [9.17, 15) is 4.79 Å². The molecule has 0 saturated heterocycles. The van der Waals surface area contributed by atoms with Gasteiger partial charge in [-0.3, -0.25) is 9.78 Å². The standard InChI is InChI=1S/C11H12N4O/c16-11(8-15-5-4-13-9-15)14-7-10-2-1-3-12-6-10/h1-6,9H,7-8H2,(H,14,16). The molecule has 0 aromatic carbocycles. The summed E-state index contributed by atoms with van der Waals surface area (Å²) < 4.78 is 1.72. The minimum atomic E-state index is -0.0400. The summed E-state index contributed by atoms with van der Waals surface area (Å²) in [6.07, 6.45) is 8.45. The van der Waals surface area contributed by atoms with E-state index in [1.165, 1.54) is 0 Å². The van der Waals surface area contributed by atoms with E-state index in [2.05, 4.69) is 15.3 Å². The fraction of sp³-hybridized carbons (Fsp3) is 0.182. The lowest BCUT2D eigenvalue weighted by Gasteiger charge is -2.05. The highest BCUT2D eigenvalue weighted by Gasteiger charge is 2.01. The third kappa shape index (κ3) is 2.91. The van der Waals surface area contributed by atoms with E-state index in [1.807, 2.05) is 12.1 Å². The number of hydrogen-bond acceptors (Lipinski definition) is 3. The maximum absolute atomic E-state index is 11.5. The second kappa shape index (κ2) is 5.06. The molecule has 1 amide bonds. The van der Waals surface area contributed by atoms with Gasteiger partial charge in [0.15, 0.2) is 0 Å². The number of amides is 1. The van der Waals surface area contributed by atoms with Crippen LogP contribution in [0.5, 0.6) is 0 Å².